The molecule has 28 heavy (non-hydrogen) atoms. The Labute approximate surface area is 167 Å². The first-order valence-corrected chi connectivity index (χ1v) is 9.90. The number of carbonyl (C=O) groups excluding carboxylic acids is 2. The Balaban J connectivity index is 1.78. The lowest BCUT2D eigenvalue weighted by Gasteiger charge is -2.33. The third-order valence-electron chi connectivity index (χ3n) is 4.66. The molecule has 1 N–H and O–H groups in total. The quantitative estimate of drug-likeness (QED) is 0.806. The molecule has 156 valence electrons. The summed E-state index contributed by atoms with van der Waals surface area (Å²) in [4.78, 5) is 28.4. The Bertz CT molecular complexity index is 667. The highest BCUT2D eigenvalue weighted by molar-refractivity contribution is 5.78. The van der Waals surface area contributed by atoms with Crippen LogP contribution in [0.2, 0.25) is 0 Å². The Morgan fingerprint density at radius 3 is 2.54 bits per heavy atom. The second kappa shape index (κ2) is 9.87. The van der Waals surface area contributed by atoms with Crippen molar-refractivity contribution < 1.29 is 18.7 Å². The zero-order valence-corrected chi connectivity index (χ0v) is 17.3. The number of hydrogen-bond donors (Lipinski definition) is 1. The van der Waals surface area contributed by atoms with Crippen molar-refractivity contribution in [2.24, 2.45) is 0 Å². The van der Waals surface area contributed by atoms with E-state index in [2.05, 4.69) is 10.2 Å². The number of benzene rings is 1. The van der Waals surface area contributed by atoms with Crippen molar-refractivity contribution >= 4 is 12.0 Å². The van der Waals surface area contributed by atoms with Gasteiger partial charge in [-0.1, -0.05) is 12.1 Å². The topological polar surface area (TPSA) is 61.9 Å². The lowest BCUT2D eigenvalue weighted by molar-refractivity contribution is -0.133. The molecular weight excluding hydrogens is 361 g/mol. The smallest absolute Gasteiger partial charge is 0.407 e. The number of alkyl carbamates (subject to hydrolysis) is 1. The number of amides is 2. The van der Waals surface area contributed by atoms with Crippen LogP contribution < -0.4 is 5.32 Å². The molecule has 2 amide bonds. The molecule has 1 aliphatic heterocycles. The van der Waals surface area contributed by atoms with Crippen LogP contribution in [0.25, 0.3) is 0 Å². The van der Waals surface area contributed by atoms with Crippen LogP contribution in [0.5, 0.6) is 0 Å². The SMILES string of the molecule is CCN(Cc1cccc(F)c1)C(=O)CN1CCC(NC(=O)OC(C)(C)C)CC1. The van der Waals surface area contributed by atoms with E-state index in [0.29, 0.717) is 19.6 Å². The summed E-state index contributed by atoms with van der Waals surface area (Å²) < 4.78 is 18.7. The van der Waals surface area contributed by atoms with Gasteiger partial charge in [-0.25, -0.2) is 9.18 Å². The zero-order chi connectivity index (χ0) is 20.7. The predicted molar refractivity (Wildman–Crippen MR) is 106 cm³/mol. The molecule has 6 nitrogen and oxygen atoms in total. The molecule has 1 aromatic carbocycles. The molecule has 1 aliphatic rings. The molecule has 2 rings (SSSR count). The Kier molecular flexibility index (Phi) is 7.80. The summed E-state index contributed by atoms with van der Waals surface area (Å²) in [5.74, 6) is -0.258. The maximum atomic E-state index is 13.4. The van der Waals surface area contributed by atoms with E-state index in [1.807, 2.05) is 33.8 Å². The second-order valence-corrected chi connectivity index (χ2v) is 8.23. The first-order chi connectivity index (χ1) is 13.2. The molecule has 1 saturated heterocycles. The van der Waals surface area contributed by atoms with Crippen LogP contribution in [-0.4, -0.2) is 59.6 Å². The predicted octanol–water partition coefficient (Wildman–Crippen LogP) is 3.16. The van der Waals surface area contributed by atoms with Gasteiger partial charge in [0.2, 0.25) is 5.91 Å². The van der Waals surface area contributed by atoms with E-state index < -0.39 is 11.7 Å². The summed E-state index contributed by atoms with van der Waals surface area (Å²) in [5.41, 5.74) is 0.276. The molecule has 1 heterocycles. The summed E-state index contributed by atoms with van der Waals surface area (Å²) in [6.07, 6.45) is 1.17. The van der Waals surface area contributed by atoms with Crippen LogP contribution in [0.4, 0.5) is 9.18 Å². The standard InChI is InChI=1S/C21H32FN3O3/c1-5-25(14-16-7-6-8-17(22)13-16)19(26)15-24-11-9-18(10-12-24)23-20(27)28-21(2,3)4/h6-8,13,18H,5,9-12,14-15H2,1-4H3,(H,23,27). The molecule has 0 atom stereocenters. The summed E-state index contributed by atoms with van der Waals surface area (Å²) >= 11 is 0. The number of likely N-dealkylation sites (tertiary alicyclic amines) is 1. The molecule has 1 fully saturated rings. The average Bonchev–Trinajstić information content (AvgIpc) is 2.59. The Hall–Kier alpha value is -2.15. The number of carbonyl (C=O) groups is 2. The van der Waals surface area contributed by atoms with Gasteiger partial charge in [0.1, 0.15) is 11.4 Å². The number of piperidine rings is 1. The summed E-state index contributed by atoms with van der Waals surface area (Å²) in [6.45, 7) is 10.2. The molecule has 0 radical (unpaired) electrons. The summed E-state index contributed by atoms with van der Waals surface area (Å²) in [5, 5.41) is 2.90. The van der Waals surface area contributed by atoms with Crippen LogP contribution in [-0.2, 0) is 16.1 Å². The number of nitrogens with zero attached hydrogens (tertiary/aromatic N) is 2. The van der Waals surface area contributed by atoms with E-state index in [0.717, 1.165) is 31.5 Å². The minimum absolute atomic E-state index is 0.0327. The average molecular weight is 394 g/mol. The molecule has 0 aliphatic carbocycles. The molecule has 0 bridgehead atoms. The van der Waals surface area contributed by atoms with Gasteiger partial charge in [-0.2, -0.15) is 0 Å². The van der Waals surface area contributed by atoms with Crippen molar-refractivity contribution in [1.82, 2.24) is 15.1 Å². The second-order valence-electron chi connectivity index (χ2n) is 8.23. The third-order valence-corrected chi connectivity index (χ3v) is 4.66. The van der Waals surface area contributed by atoms with Crippen molar-refractivity contribution in [3.8, 4) is 0 Å². The maximum absolute atomic E-state index is 13.4. The van der Waals surface area contributed by atoms with E-state index in [1.54, 1.807) is 11.0 Å². The van der Waals surface area contributed by atoms with Crippen molar-refractivity contribution in [2.75, 3.05) is 26.2 Å². The van der Waals surface area contributed by atoms with Crippen molar-refractivity contribution in [2.45, 2.75) is 58.7 Å². The normalized spacial score (nSPS) is 15.9. The highest BCUT2D eigenvalue weighted by atomic mass is 19.1. The van der Waals surface area contributed by atoms with Gasteiger partial charge in [0.25, 0.3) is 0 Å². The zero-order valence-electron chi connectivity index (χ0n) is 17.3. The fraction of sp³-hybridized carbons (Fsp3) is 0.619. The minimum Gasteiger partial charge on any atom is -0.444 e. The molecule has 0 saturated carbocycles. The van der Waals surface area contributed by atoms with Gasteiger partial charge in [0, 0.05) is 32.2 Å². The van der Waals surface area contributed by atoms with E-state index in [4.69, 9.17) is 4.74 Å². The van der Waals surface area contributed by atoms with Crippen molar-refractivity contribution in [3.63, 3.8) is 0 Å². The molecule has 7 heteroatoms. The molecule has 0 aromatic heterocycles. The van der Waals surface area contributed by atoms with Gasteiger partial charge in [-0.05, 0) is 58.2 Å². The summed E-state index contributed by atoms with van der Waals surface area (Å²) in [6, 6.07) is 6.41. The van der Waals surface area contributed by atoms with Gasteiger partial charge < -0.3 is 15.0 Å². The van der Waals surface area contributed by atoms with E-state index >= 15 is 0 Å². The number of halogens is 1. The number of rotatable bonds is 6. The van der Waals surface area contributed by atoms with Crippen LogP contribution in [0.3, 0.4) is 0 Å². The fourth-order valence-electron chi connectivity index (χ4n) is 3.23. The van der Waals surface area contributed by atoms with E-state index in [1.165, 1.54) is 12.1 Å². The van der Waals surface area contributed by atoms with Crippen LogP contribution in [0.15, 0.2) is 24.3 Å². The first kappa shape index (κ1) is 22.1. The van der Waals surface area contributed by atoms with Crippen LogP contribution in [0.1, 0.15) is 46.1 Å². The third kappa shape index (κ3) is 7.46. The lowest BCUT2D eigenvalue weighted by atomic mass is 10.1. The maximum Gasteiger partial charge on any atom is 0.407 e. The number of nitrogens with one attached hydrogen (secondary N) is 1. The number of likely N-dealkylation sites (N-methyl/N-ethyl adjacent to an activating group) is 1. The molecule has 0 unspecified atom stereocenters. The van der Waals surface area contributed by atoms with Crippen molar-refractivity contribution in [3.05, 3.63) is 35.6 Å². The Morgan fingerprint density at radius 1 is 1.29 bits per heavy atom. The van der Waals surface area contributed by atoms with Crippen molar-refractivity contribution in [1.29, 1.82) is 0 Å². The van der Waals surface area contributed by atoms with Crippen LogP contribution >= 0.6 is 0 Å². The van der Waals surface area contributed by atoms with Gasteiger partial charge in [-0.3, -0.25) is 9.69 Å². The van der Waals surface area contributed by atoms with E-state index in [9.17, 15) is 14.0 Å². The highest BCUT2D eigenvalue weighted by Crippen LogP contribution is 2.14. The molecule has 0 spiro atoms. The molecular formula is C21H32FN3O3. The fourth-order valence-corrected chi connectivity index (χ4v) is 3.23. The first-order valence-electron chi connectivity index (χ1n) is 9.90. The summed E-state index contributed by atoms with van der Waals surface area (Å²) in [7, 11) is 0. The number of ether oxygens (including phenoxy) is 1. The van der Waals surface area contributed by atoms with Gasteiger partial charge in [0.05, 0.1) is 6.54 Å². The monoisotopic (exact) mass is 393 g/mol. The van der Waals surface area contributed by atoms with Gasteiger partial charge >= 0.3 is 6.09 Å². The lowest BCUT2D eigenvalue weighted by Crippen LogP contribution is -2.48. The number of hydrogen-bond acceptors (Lipinski definition) is 4. The highest BCUT2D eigenvalue weighted by Gasteiger charge is 2.25. The Morgan fingerprint density at radius 2 is 1.96 bits per heavy atom. The van der Waals surface area contributed by atoms with Gasteiger partial charge in [0.15, 0.2) is 0 Å². The van der Waals surface area contributed by atoms with Gasteiger partial charge in [-0.15, -0.1) is 0 Å². The van der Waals surface area contributed by atoms with E-state index in [-0.39, 0.29) is 17.8 Å². The largest absolute Gasteiger partial charge is 0.444 e. The van der Waals surface area contributed by atoms with Crippen LogP contribution in [0, 0.1) is 5.82 Å². The minimum atomic E-state index is -0.511. The molecule has 1 aromatic rings.